The Bertz CT molecular complexity index is 2460. The molecule has 6 rings (SSSR count). The molecule has 6 heterocycles. The highest BCUT2D eigenvalue weighted by atomic mass is 35.5. The topological polar surface area (TPSA) is 160 Å². The Labute approximate surface area is 360 Å². The highest BCUT2D eigenvalue weighted by molar-refractivity contribution is 6.21. The summed E-state index contributed by atoms with van der Waals surface area (Å²) >= 11 is 4.95. The predicted octanol–water partition coefficient (Wildman–Crippen LogP) is 9.59. The van der Waals surface area contributed by atoms with Gasteiger partial charge in [-0.25, -0.2) is 18.7 Å². The molecule has 0 aliphatic carbocycles. The van der Waals surface area contributed by atoms with Crippen LogP contribution >= 0.6 is 11.6 Å². The number of rotatable bonds is 12. The molecule has 0 aromatic carbocycles. The van der Waals surface area contributed by atoms with Gasteiger partial charge >= 0.3 is 23.8 Å². The van der Waals surface area contributed by atoms with Crippen LogP contribution in [0.15, 0.2) is 49.3 Å². The maximum absolute atomic E-state index is 14.4. The van der Waals surface area contributed by atoms with Gasteiger partial charge in [-0.2, -0.15) is 43.9 Å². The number of alkyl halides is 11. The van der Waals surface area contributed by atoms with E-state index in [4.69, 9.17) is 16.7 Å². The van der Waals surface area contributed by atoms with E-state index in [1.807, 2.05) is 13.8 Å². The highest BCUT2D eigenvalue weighted by Gasteiger charge is 2.41. The van der Waals surface area contributed by atoms with Crippen molar-refractivity contribution in [3.05, 3.63) is 72.6 Å². The van der Waals surface area contributed by atoms with Crippen molar-refractivity contribution < 1.29 is 72.0 Å². The Morgan fingerprint density at radius 3 is 1.34 bits per heavy atom. The molecule has 6 aromatic heterocycles. The number of aromatic nitrogens is 10. The molecule has 1 N–H and O–H groups in total. The van der Waals surface area contributed by atoms with Crippen molar-refractivity contribution in [2.45, 2.75) is 85.0 Å². The average molecular weight is 951 g/mol. The zero-order chi connectivity index (χ0) is 47.2. The van der Waals surface area contributed by atoms with Gasteiger partial charge in [-0.15, -0.1) is 20.4 Å². The second kappa shape index (κ2) is 20.9. The zero-order valence-corrected chi connectivity index (χ0v) is 34.2. The molecule has 0 saturated carbocycles. The fourth-order valence-electron chi connectivity index (χ4n) is 4.40. The summed E-state index contributed by atoms with van der Waals surface area (Å²) in [5.74, 6) is -5.47. The van der Waals surface area contributed by atoms with Gasteiger partial charge in [0.1, 0.15) is 0 Å². The van der Waals surface area contributed by atoms with Crippen LogP contribution in [0.1, 0.15) is 60.6 Å². The van der Waals surface area contributed by atoms with Gasteiger partial charge in [0.25, 0.3) is 11.8 Å². The maximum atomic E-state index is 14.4. The molecular formula is C37H39ClF12N10O4. The molecule has 0 aliphatic rings. The van der Waals surface area contributed by atoms with Gasteiger partial charge in [0.15, 0.2) is 35.1 Å². The molecule has 0 radical (unpaired) electrons. The second-order valence-electron chi connectivity index (χ2n) is 14.0. The normalized spacial score (nSPS) is 13.2. The lowest BCUT2D eigenvalue weighted by molar-refractivity contribution is -0.258. The molecule has 0 spiro atoms. The molecular weight excluding hydrogens is 912 g/mol. The highest BCUT2D eigenvalue weighted by Crippen LogP contribution is 2.34. The average Bonchev–Trinajstić information content (AvgIpc) is 3.83. The summed E-state index contributed by atoms with van der Waals surface area (Å²) in [7, 11) is 0. The van der Waals surface area contributed by atoms with Gasteiger partial charge < -0.3 is 19.3 Å². The molecule has 0 amide bonds. The van der Waals surface area contributed by atoms with Crippen LogP contribution in [-0.4, -0.2) is 92.0 Å². The lowest BCUT2D eigenvalue weighted by Crippen LogP contribution is -2.31. The second-order valence-corrected chi connectivity index (χ2v) is 14.4. The van der Waals surface area contributed by atoms with Gasteiger partial charge in [0.05, 0.1) is 30.4 Å². The summed E-state index contributed by atoms with van der Waals surface area (Å²) in [6.07, 6.45) is -11.3. The van der Waals surface area contributed by atoms with E-state index in [-0.39, 0.29) is 53.8 Å². The number of aliphatic hydroxyl groups is 1. The lowest BCUT2D eigenvalue weighted by Gasteiger charge is -2.17. The van der Waals surface area contributed by atoms with E-state index in [9.17, 15) is 52.7 Å². The number of pyridine rings is 2. The largest absolute Gasteiger partial charge is 0.463 e. The van der Waals surface area contributed by atoms with Crippen LogP contribution in [0.3, 0.4) is 0 Å². The molecule has 0 aliphatic heterocycles. The molecule has 6 aromatic rings. The first-order chi connectivity index (χ1) is 29.1. The monoisotopic (exact) mass is 950 g/mol. The van der Waals surface area contributed by atoms with E-state index in [1.54, 1.807) is 13.8 Å². The van der Waals surface area contributed by atoms with Crippen LogP contribution in [0, 0.1) is 23.5 Å². The molecule has 352 valence electrons. The number of aliphatic hydroxyl groups excluding tert-OH is 1. The van der Waals surface area contributed by atoms with Crippen molar-refractivity contribution in [1.29, 1.82) is 0 Å². The third kappa shape index (κ3) is 13.7. The molecule has 2 atom stereocenters. The molecule has 0 saturated heterocycles. The van der Waals surface area contributed by atoms with Crippen LogP contribution < -0.4 is 9.47 Å². The van der Waals surface area contributed by atoms with Crippen molar-refractivity contribution in [1.82, 2.24) is 49.1 Å². The maximum Gasteiger partial charge on any atom is 0.425 e. The van der Waals surface area contributed by atoms with Crippen molar-refractivity contribution in [2.75, 3.05) is 13.2 Å². The number of halogens is 13. The lowest BCUT2D eigenvalue weighted by atomic mass is 10.2. The quantitative estimate of drug-likeness (QED) is 0.0916. The van der Waals surface area contributed by atoms with Crippen LogP contribution in [-0.2, 0) is 16.2 Å². The third-order valence-electron chi connectivity index (χ3n) is 7.77. The Hall–Kier alpha value is -5.63. The smallest absolute Gasteiger partial charge is 0.425 e. The van der Waals surface area contributed by atoms with Gasteiger partial charge in [-0.3, -0.25) is 18.8 Å². The minimum Gasteiger partial charge on any atom is -0.463 e. The number of nitrogens with zero attached hydrogens (tertiary/aromatic N) is 10. The number of ether oxygens (including phenoxy) is 3. The third-order valence-corrected chi connectivity index (χ3v) is 7.94. The zero-order valence-electron chi connectivity index (χ0n) is 33.4. The Kier molecular flexibility index (Phi) is 17.2. The van der Waals surface area contributed by atoms with Crippen LogP contribution in [0.25, 0.3) is 33.8 Å². The molecule has 0 fully saturated rings. The minimum atomic E-state index is -4.70. The molecule has 27 heteroatoms. The molecule has 14 nitrogen and oxygen atoms in total. The van der Waals surface area contributed by atoms with Gasteiger partial charge in [-0.05, 0) is 49.4 Å². The van der Waals surface area contributed by atoms with E-state index in [1.165, 1.54) is 0 Å². The van der Waals surface area contributed by atoms with Gasteiger partial charge in [0.2, 0.25) is 11.6 Å². The standard InChI is InChI=1S/C18H17F6N5O2.C14H8ClF6N5O.C4H10O.CH4/c1-9(2)8-30-18(23,24)16-28-27-14-6-25-13(7-29(14)16)11-4-12(19)15(26-5-11)31-10(3)17(20,21)22;1-6(14(19,20)21)27-11-8(16)2-7(3-23-11)9-5-26-10(4-22-9)24-25-12(26)13(15,17)18;1-4(2)3-5;/h4-7,9-10H,8H2,1-3H3;2-6H,1H3;4-5H,3H2,1-2H3;1H4/t10-;6-;;/m00../s1. The fourth-order valence-corrected chi connectivity index (χ4v) is 4.53. The van der Waals surface area contributed by atoms with E-state index in [0.29, 0.717) is 26.4 Å². The summed E-state index contributed by atoms with van der Waals surface area (Å²) in [4.78, 5) is 14.9. The van der Waals surface area contributed by atoms with Crippen molar-refractivity contribution in [3.63, 3.8) is 0 Å². The molecule has 64 heavy (non-hydrogen) atoms. The minimum absolute atomic E-state index is 0. The Morgan fingerprint density at radius 1 is 0.609 bits per heavy atom. The summed E-state index contributed by atoms with van der Waals surface area (Å²) in [6, 6.07) is 1.64. The van der Waals surface area contributed by atoms with E-state index in [0.717, 1.165) is 58.1 Å². The Morgan fingerprint density at radius 2 is 1.00 bits per heavy atom. The summed E-state index contributed by atoms with van der Waals surface area (Å²) < 4.78 is 174. The Balaban J connectivity index is 0.000000306. The first-order valence-corrected chi connectivity index (χ1v) is 18.4. The fraction of sp³-hybridized carbons (Fsp3) is 0.459. The van der Waals surface area contributed by atoms with Crippen molar-refractivity contribution in [2.24, 2.45) is 11.8 Å². The van der Waals surface area contributed by atoms with E-state index in [2.05, 4.69) is 54.5 Å². The van der Waals surface area contributed by atoms with E-state index >= 15 is 0 Å². The van der Waals surface area contributed by atoms with Crippen LogP contribution in [0.4, 0.5) is 52.7 Å². The van der Waals surface area contributed by atoms with Crippen molar-refractivity contribution >= 4 is 22.9 Å². The molecule has 0 bridgehead atoms. The van der Waals surface area contributed by atoms with E-state index < -0.39 is 71.1 Å². The molecule has 0 unspecified atom stereocenters. The van der Waals surface area contributed by atoms with Gasteiger partial charge in [0, 0.05) is 42.5 Å². The number of hydrogen-bond donors (Lipinski definition) is 1. The summed E-state index contributed by atoms with van der Waals surface area (Å²) in [5.41, 5.74) is -0.0711. The first kappa shape index (κ1) is 52.7. The van der Waals surface area contributed by atoms with Crippen molar-refractivity contribution in [3.8, 4) is 34.3 Å². The predicted molar refractivity (Wildman–Crippen MR) is 203 cm³/mol. The number of fused-ring (bicyclic) bond motifs is 2. The summed E-state index contributed by atoms with van der Waals surface area (Å²) in [5, 5.41) is 18.1. The number of hydrogen-bond acceptors (Lipinski definition) is 12. The summed E-state index contributed by atoms with van der Waals surface area (Å²) in [6.45, 7) is 8.83. The first-order valence-electron chi connectivity index (χ1n) is 18.0. The van der Waals surface area contributed by atoms with Crippen LogP contribution in [0.2, 0.25) is 0 Å². The van der Waals surface area contributed by atoms with Crippen LogP contribution in [0.5, 0.6) is 11.8 Å². The van der Waals surface area contributed by atoms with Gasteiger partial charge in [-0.1, -0.05) is 35.1 Å². The SMILES string of the molecule is C.CC(C)CO.CC(C)COC(F)(F)c1nnc2cnc(-c3cnc(O[C@@H](C)C(F)(F)F)c(F)c3)cn12.C[C@H](Oc1ncc(-c2cn3c(C(F)(F)Cl)nnc3cn2)cc1F)C(F)(F)F.